The van der Waals surface area contributed by atoms with Crippen LogP contribution in [-0.2, 0) is 16.1 Å². The topological polar surface area (TPSA) is 22.0 Å². The van der Waals surface area contributed by atoms with Crippen LogP contribution in [0.3, 0.4) is 0 Å². The van der Waals surface area contributed by atoms with Gasteiger partial charge < -0.3 is 4.57 Å². The summed E-state index contributed by atoms with van der Waals surface area (Å²) in [6, 6.07) is 8.14. The Hall–Kier alpha value is -1.22. The van der Waals surface area contributed by atoms with Crippen LogP contribution >= 0.6 is 0 Å². The zero-order valence-electron chi connectivity index (χ0n) is 9.93. The molecule has 2 rings (SSSR count). The zero-order chi connectivity index (χ0) is 11.8. The number of benzene rings is 1. The van der Waals surface area contributed by atoms with Crippen molar-refractivity contribution in [2.24, 2.45) is 0 Å². The van der Waals surface area contributed by atoms with E-state index in [1.807, 2.05) is 31.3 Å². The highest BCUT2D eigenvalue weighted by molar-refractivity contribution is 8.00. The van der Waals surface area contributed by atoms with Crippen molar-refractivity contribution >= 4 is 25.8 Å². The van der Waals surface area contributed by atoms with E-state index in [9.17, 15) is 4.21 Å². The molecule has 3 heteroatoms. The Morgan fingerprint density at radius 2 is 2.06 bits per heavy atom. The van der Waals surface area contributed by atoms with E-state index in [-0.39, 0.29) is 0 Å². The molecule has 0 aliphatic rings. The summed E-state index contributed by atoms with van der Waals surface area (Å²) in [5.41, 5.74) is 1.16. The summed E-state index contributed by atoms with van der Waals surface area (Å²) in [7, 11) is -2.01. The van der Waals surface area contributed by atoms with Crippen LogP contribution in [-0.4, -0.2) is 20.4 Å². The van der Waals surface area contributed by atoms with Crippen LogP contribution in [0.5, 0.6) is 0 Å². The van der Waals surface area contributed by atoms with E-state index >= 15 is 0 Å². The first kappa shape index (κ1) is 11.3. The molecule has 1 heterocycles. The Morgan fingerprint density at radius 3 is 2.69 bits per heavy atom. The maximum Gasteiger partial charge on any atom is 0.0560 e. The molecule has 86 valence electrons. The van der Waals surface area contributed by atoms with Gasteiger partial charge in [0.2, 0.25) is 0 Å². The van der Waals surface area contributed by atoms with Crippen molar-refractivity contribution in [3.05, 3.63) is 30.5 Å². The van der Waals surface area contributed by atoms with Crippen molar-refractivity contribution in [1.29, 1.82) is 0 Å². The summed E-state index contributed by atoms with van der Waals surface area (Å²) in [5.74, 6) is 0. The van der Waals surface area contributed by atoms with Gasteiger partial charge in [-0.05, 0) is 34.8 Å². The average molecular weight is 235 g/mol. The summed E-state index contributed by atoms with van der Waals surface area (Å²) in [4.78, 5) is 0.951. The van der Waals surface area contributed by atoms with Gasteiger partial charge in [-0.15, -0.1) is 0 Å². The third-order valence-corrected chi connectivity index (χ3v) is 5.08. The number of aromatic nitrogens is 1. The van der Waals surface area contributed by atoms with Gasteiger partial charge in [-0.3, -0.25) is 4.21 Å². The number of hydrogen-bond acceptors (Lipinski definition) is 1. The Bertz CT molecular complexity index is 630. The maximum atomic E-state index is 12.4. The van der Waals surface area contributed by atoms with Gasteiger partial charge in [-0.25, -0.2) is 0 Å². The molecule has 2 nitrogen and oxygen atoms in total. The normalized spacial score (nSPS) is 14.9. The first-order valence-corrected chi connectivity index (χ1v) is 7.49. The Morgan fingerprint density at radius 1 is 1.38 bits per heavy atom. The van der Waals surface area contributed by atoms with Gasteiger partial charge in [0.15, 0.2) is 0 Å². The van der Waals surface area contributed by atoms with E-state index in [1.165, 1.54) is 0 Å². The minimum absolute atomic E-state index is 0.903. The molecule has 1 aromatic carbocycles. The van der Waals surface area contributed by atoms with Gasteiger partial charge in [0, 0.05) is 29.9 Å². The molecule has 2 aromatic rings. The highest BCUT2D eigenvalue weighted by Crippen LogP contribution is 2.25. The highest BCUT2D eigenvalue weighted by atomic mass is 32.2. The first-order chi connectivity index (χ1) is 7.60. The lowest BCUT2D eigenvalue weighted by atomic mass is 10.2. The monoisotopic (exact) mass is 235 g/mol. The predicted octanol–water partition coefficient (Wildman–Crippen LogP) is 2.76. The maximum absolute atomic E-state index is 12.4. The molecular weight excluding hydrogens is 218 g/mol. The quantitative estimate of drug-likeness (QED) is 0.734. The van der Waals surface area contributed by atoms with Gasteiger partial charge in [0.05, 0.1) is 4.90 Å². The summed E-state index contributed by atoms with van der Waals surface area (Å²) in [6.45, 7) is 4.86. The van der Waals surface area contributed by atoms with Crippen LogP contribution < -0.4 is 0 Å². The zero-order valence-corrected chi connectivity index (χ0v) is 10.8. The summed E-state index contributed by atoms with van der Waals surface area (Å²) < 4.78 is 14.6. The largest absolute Gasteiger partial charge is 0.347 e. The minimum Gasteiger partial charge on any atom is -0.347 e. The molecule has 0 saturated carbocycles. The smallest absolute Gasteiger partial charge is 0.0560 e. The lowest BCUT2D eigenvalue weighted by molar-refractivity contribution is 0.684. The van der Waals surface area contributed by atoms with Crippen molar-refractivity contribution in [2.75, 3.05) is 6.26 Å². The van der Waals surface area contributed by atoms with Crippen LogP contribution in [0, 0.1) is 0 Å². The number of rotatable bonds is 2. The van der Waals surface area contributed by atoms with Crippen LogP contribution in [0.2, 0.25) is 0 Å². The predicted molar refractivity (Wildman–Crippen MR) is 71.7 cm³/mol. The molecule has 0 aliphatic carbocycles. The van der Waals surface area contributed by atoms with E-state index in [0.717, 1.165) is 22.3 Å². The minimum atomic E-state index is -2.01. The second-order valence-corrected chi connectivity index (χ2v) is 6.66. The van der Waals surface area contributed by atoms with Crippen molar-refractivity contribution in [3.8, 4) is 0 Å². The van der Waals surface area contributed by atoms with E-state index in [2.05, 4.69) is 17.6 Å². The molecular formula is C13H17NOS. The molecule has 16 heavy (non-hydrogen) atoms. The van der Waals surface area contributed by atoms with E-state index in [1.54, 1.807) is 11.6 Å². The number of nitrogens with zero attached hydrogens (tertiary/aromatic N) is 1. The molecule has 1 aromatic heterocycles. The van der Waals surface area contributed by atoms with Gasteiger partial charge >= 0.3 is 0 Å². The number of hydrogen-bond donors (Lipinski definition) is 0. The molecule has 0 amide bonds. The van der Waals surface area contributed by atoms with E-state index in [0.29, 0.717) is 0 Å². The average Bonchev–Trinajstić information content (AvgIpc) is 2.68. The first-order valence-electron chi connectivity index (χ1n) is 5.46. The van der Waals surface area contributed by atoms with Crippen LogP contribution in [0.4, 0.5) is 0 Å². The summed E-state index contributed by atoms with van der Waals surface area (Å²) >= 11 is 0. The SMILES string of the molecule is CC=S(C)(=O)c1cn(CC)c2ccccc12. The molecule has 0 fully saturated rings. The fourth-order valence-electron chi connectivity index (χ4n) is 1.92. The number of para-hydroxylation sites is 1. The number of fused-ring (bicyclic) bond motifs is 1. The van der Waals surface area contributed by atoms with Crippen LogP contribution in [0.15, 0.2) is 35.4 Å². The van der Waals surface area contributed by atoms with Crippen LogP contribution in [0.1, 0.15) is 13.8 Å². The molecule has 0 radical (unpaired) electrons. The van der Waals surface area contributed by atoms with Gasteiger partial charge in [0.25, 0.3) is 0 Å². The molecule has 0 N–H and O–H groups in total. The fourth-order valence-corrected chi connectivity index (χ4v) is 3.12. The summed E-state index contributed by atoms with van der Waals surface area (Å²) in [6.07, 6.45) is 3.82. The van der Waals surface area contributed by atoms with Gasteiger partial charge in [0.1, 0.15) is 0 Å². The Kier molecular flexibility index (Phi) is 2.80. The fraction of sp³-hybridized carbons (Fsp3) is 0.308. The lowest BCUT2D eigenvalue weighted by Gasteiger charge is -2.00. The van der Waals surface area contributed by atoms with Gasteiger partial charge in [-0.2, -0.15) is 0 Å². The van der Waals surface area contributed by atoms with Crippen LogP contribution in [0.25, 0.3) is 10.9 Å². The number of aryl methyl sites for hydroxylation is 1. The van der Waals surface area contributed by atoms with E-state index in [4.69, 9.17) is 0 Å². The summed E-state index contributed by atoms with van der Waals surface area (Å²) in [5, 5.41) is 2.91. The molecule has 0 bridgehead atoms. The van der Waals surface area contributed by atoms with E-state index < -0.39 is 9.52 Å². The second kappa shape index (κ2) is 3.98. The van der Waals surface area contributed by atoms with Gasteiger partial charge in [-0.1, -0.05) is 18.2 Å². The van der Waals surface area contributed by atoms with Crippen molar-refractivity contribution in [3.63, 3.8) is 0 Å². The molecule has 0 spiro atoms. The third-order valence-electron chi connectivity index (χ3n) is 2.98. The molecule has 0 saturated heterocycles. The van der Waals surface area contributed by atoms with Crippen molar-refractivity contribution < 1.29 is 4.21 Å². The molecule has 0 aliphatic heterocycles. The Balaban J connectivity index is 2.87. The second-order valence-electron chi connectivity index (χ2n) is 3.94. The molecule has 1 unspecified atom stereocenters. The standard InChI is InChI=1S/C13H17NOS/c1-4-14-10-13(16(3,15)5-2)11-8-6-7-9-12(11)14/h5-10H,4H2,1-3H3. The molecule has 1 atom stereocenters. The third kappa shape index (κ3) is 1.65. The van der Waals surface area contributed by atoms with Crippen molar-refractivity contribution in [1.82, 2.24) is 4.57 Å². The lowest BCUT2D eigenvalue weighted by Crippen LogP contribution is -1.99. The highest BCUT2D eigenvalue weighted by Gasteiger charge is 2.12. The Labute approximate surface area is 96.9 Å². The van der Waals surface area contributed by atoms with Crippen molar-refractivity contribution in [2.45, 2.75) is 25.3 Å².